The van der Waals surface area contributed by atoms with Crippen LogP contribution in [0, 0.1) is 0 Å². The normalized spacial score (nSPS) is 12.5. The number of rotatable bonds is 36. The van der Waals surface area contributed by atoms with Gasteiger partial charge in [-0.05, 0) is 70.6 Å². The van der Waals surface area contributed by atoms with E-state index in [1.807, 2.05) is 0 Å². The van der Waals surface area contributed by atoms with Crippen molar-refractivity contribution in [3.8, 4) is 0 Å². The Balaban J connectivity index is 3.55. The lowest BCUT2D eigenvalue weighted by atomic mass is 10.1. The summed E-state index contributed by atoms with van der Waals surface area (Å²) < 4.78 is 10.6. The summed E-state index contributed by atoms with van der Waals surface area (Å²) in [6.45, 7) is 4.09. The standard InChI is InChI=1S/C42H76O5/c1-3-5-7-9-11-13-15-17-19-20-21-22-23-25-26-28-30-32-34-36-41(44)46-39-40(38-43)47-42(45)37-35-33-31-29-27-24-18-16-14-12-10-8-6-4-2/h11,13,16-19,40,43H,3-10,12,14-15,20-39H2,1-2H3/b13-11+,18-16+,19-17+/t40-/m0/s1. The predicted molar refractivity (Wildman–Crippen MR) is 201 cm³/mol. The Morgan fingerprint density at radius 2 is 0.851 bits per heavy atom. The van der Waals surface area contributed by atoms with Crippen molar-refractivity contribution in [3.05, 3.63) is 36.5 Å². The molecule has 0 amide bonds. The molecule has 0 heterocycles. The van der Waals surface area contributed by atoms with Crippen molar-refractivity contribution in [2.24, 2.45) is 0 Å². The van der Waals surface area contributed by atoms with Crippen LogP contribution in [0.1, 0.15) is 200 Å². The van der Waals surface area contributed by atoms with Crippen LogP contribution in [-0.4, -0.2) is 36.4 Å². The molecule has 0 aromatic carbocycles. The molecule has 0 unspecified atom stereocenters. The molecular weight excluding hydrogens is 584 g/mol. The van der Waals surface area contributed by atoms with Gasteiger partial charge in [-0.1, -0.05) is 153 Å². The summed E-state index contributed by atoms with van der Waals surface area (Å²) in [6.07, 6.45) is 46.3. The predicted octanol–water partition coefficient (Wildman–Crippen LogP) is 12.5. The molecular formula is C42H76O5. The summed E-state index contributed by atoms with van der Waals surface area (Å²) in [6, 6.07) is 0. The van der Waals surface area contributed by atoms with E-state index in [0.717, 1.165) is 51.4 Å². The number of esters is 2. The average Bonchev–Trinajstić information content (AvgIpc) is 3.07. The number of hydrogen-bond donors (Lipinski definition) is 1. The van der Waals surface area contributed by atoms with Crippen LogP contribution in [0.4, 0.5) is 0 Å². The van der Waals surface area contributed by atoms with Gasteiger partial charge in [-0.15, -0.1) is 0 Å². The first kappa shape index (κ1) is 45.1. The lowest BCUT2D eigenvalue weighted by molar-refractivity contribution is -0.161. The molecule has 0 saturated heterocycles. The summed E-state index contributed by atoms with van der Waals surface area (Å²) in [4.78, 5) is 24.2. The molecule has 0 aliphatic heterocycles. The number of allylic oxidation sites excluding steroid dienone is 6. The fourth-order valence-corrected chi connectivity index (χ4v) is 5.58. The molecule has 0 aliphatic rings. The summed E-state index contributed by atoms with van der Waals surface area (Å²) in [7, 11) is 0. The topological polar surface area (TPSA) is 72.8 Å². The zero-order valence-electron chi connectivity index (χ0n) is 31.0. The Kier molecular flexibility index (Phi) is 37.0. The molecule has 0 saturated carbocycles. The highest BCUT2D eigenvalue weighted by Crippen LogP contribution is 2.13. The molecule has 0 aromatic heterocycles. The van der Waals surface area contributed by atoms with Crippen molar-refractivity contribution in [1.82, 2.24) is 0 Å². The van der Waals surface area contributed by atoms with E-state index < -0.39 is 6.10 Å². The minimum Gasteiger partial charge on any atom is -0.462 e. The van der Waals surface area contributed by atoms with E-state index in [2.05, 4.69) is 50.3 Å². The largest absolute Gasteiger partial charge is 0.462 e. The van der Waals surface area contributed by atoms with Crippen LogP contribution < -0.4 is 0 Å². The molecule has 0 rings (SSSR count). The molecule has 47 heavy (non-hydrogen) atoms. The molecule has 0 aliphatic carbocycles. The molecule has 0 bridgehead atoms. The second-order valence-corrected chi connectivity index (χ2v) is 13.4. The van der Waals surface area contributed by atoms with Crippen LogP contribution in [0.3, 0.4) is 0 Å². The van der Waals surface area contributed by atoms with Gasteiger partial charge in [0.1, 0.15) is 6.61 Å². The maximum atomic E-state index is 12.1. The zero-order valence-corrected chi connectivity index (χ0v) is 31.0. The third kappa shape index (κ3) is 36.8. The summed E-state index contributed by atoms with van der Waals surface area (Å²) >= 11 is 0. The molecule has 0 spiro atoms. The first-order chi connectivity index (χ1) is 23.1. The molecule has 5 nitrogen and oxygen atoms in total. The Morgan fingerprint density at radius 3 is 1.32 bits per heavy atom. The number of hydrogen-bond acceptors (Lipinski definition) is 5. The molecule has 0 aromatic rings. The van der Waals surface area contributed by atoms with E-state index in [0.29, 0.717) is 12.8 Å². The van der Waals surface area contributed by atoms with Crippen LogP contribution >= 0.6 is 0 Å². The zero-order chi connectivity index (χ0) is 34.3. The number of carbonyl (C=O) groups is 2. The fraction of sp³-hybridized carbons (Fsp3) is 0.810. The Morgan fingerprint density at radius 1 is 0.489 bits per heavy atom. The highest BCUT2D eigenvalue weighted by Gasteiger charge is 2.16. The maximum absolute atomic E-state index is 12.1. The van der Waals surface area contributed by atoms with Gasteiger partial charge in [0.25, 0.3) is 0 Å². The van der Waals surface area contributed by atoms with Crippen LogP contribution in [0.15, 0.2) is 36.5 Å². The highest BCUT2D eigenvalue weighted by molar-refractivity contribution is 5.70. The first-order valence-electron chi connectivity index (χ1n) is 20.0. The Hall–Kier alpha value is -1.88. The van der Waals surface area contributed by atoms with Gasteiger partial charge < -0.3 is 14.6 Å². The summed E-state index contributed by atoms with van der Waals surface area (Å²) in [5.41, 5.74) is 0. The van der Waals surface area contributed by atoms with Crippen molar-refractivity contribution >= 4 is 11.9 Å². The SMILES string of the molecule is CCCCC/C=C/C/C=C/CCCCCCCCCCCC(=O)OC[C@H](CO)OC(=O)CCCCCCC/C=C/CCCCCCC. The van der Waals surface area contributed by atoms with Crippen molar-refractivity contribution in [3.63, 3.8) is 0 Å². The number of ether oxygens (including phenoxy) is 2. The molecule has 0 radical (unpaired) electrons. The number of unbranched alkanes of at least 4 members (excludes halogenated alkanes) is 22. The third-order valence-corrected chi connectivity index (χ3v) is 8.66. The molecule has 0 fully saturated rings. The van der Waals surface area contributed by atoms with Gasteiger partial charge in [0, 0.05) is 12.8 Å². The van der Waals surface area contributed by atoms with E-state index in [1.165, 1.54) is 122 Å². The van der Waals surface area contributed by atoms with Gasteiger partial charge >= 0.3 is 11.9 Å². The quantitative estimate of drug-likeness (QED) is 0.0411. The Bertz CT molecular complexity index is 756. The van der Waals surface area contributed by atoms with Gasteiger partial charge in [0.15, 0.2) is 6.10 Å². The van der Waals surface area contributed by atoms with E-state index in [4.69, 9.17) is 9.47 Å². The summed E-state index contributed by atoms with van der Waals surface area (Å²) in [5, 5.41) is 9.55. The van der Waals surface area contributed by atoms with Crippen LogP contribution in [0.25, 0.3) is 0 Å². The van der Waals surface area contributed by atoms with Gasteiger partial charge in [0.2, 0.25) is 0 Å². The van der Waals surface area contributed by atoms with E-state index in [9.17, 15) is 14.7 Å². The van der Waals surface area contributed by atoms with Crippen molar-refractivity contribution in [2.45, 2.75) is 206 Å². The average molecular weight is 661 g/mol. The Labute approximate surface area is 291 Å². The third-order valence-electron chi connectivity index (χ3n) is 8.66. The van der Waals surface area contributed by atoms with E-state index >= 15 is 0 Å². The number of aliphatic hydroxyl groups is 1. The van der Waals surface area contributed by atoms with Gasteiger partial charge in [-0.25, -0.2) is 0 Å². The van der Waals surface area contributed by atoms with Crippen LogP contribution in [0.5, 0.6) is 0 Å². The lowest BCUT2D eigenvalue weighted by Gasteiger charge is -2.15. The first-order valence-corrected chi connectivity index (χ1v) is 20.0. The van der Waals surface area contributed by atoms with E-state index in [1.54, 1.807) is 0 Å². The highest BCUT2D eigenvalue weighted by atomic mass is 16.6. The minimum atomic E-state index is -0.775. The van der Waals surface area contributed by atoms with Gasteiger partial charge in [-0.3, -0.25) is 9.59 Å². The second-order valence-electron chi connectivity index (χ2n) is 13.4. The van der Waals surface area contributed by atoms with Gasteiger partial charge in [0.05, 0.1) is 6.61 Å². The minimum absolute atomic E-state index is 0.0701. The van der Waals surface area contributed by atoms with Crippen molar-refractivity contribution < 1.29 is 24.2 Å². The second kappa shape index (κ2) is 38.6. The summed E-state index contributed by atoms with van der Waals surface area (Å²) in [5.74, 6) is -0.603. The fourth-order valence-electron chi connectivity index (χ4n) is 5.58. The molecule has 274 valence electrons. The molecule has 1 atom stereocenters. The monoisotopic (exact) mass is 661 g/mol. The van der Waals surface area contributed by atoms with Crippen molar-refractivity contribution in [1.29, 1.82) is 0 Å². The van der Waals surface area contributed by atoms with Crippen LogP contribution in [-0.2, 0) is 19.1 Å². The maximum Gasteiger partial charge on any atom is 0.306 e. The van der Waals surface area contributed by atoms with Crippen molar-refractivity contribution in [2.75, 3.05) is 13.2 Å². The number of carbonyl (C=O) groups excluding carboxylic acids is 2. The molecule has 5 heteroatoms. The van der Waals surface area contributed by atoms with E-state index in [-0.39, 0.29) is 25.2 Å². The smallest absolute Gasteiger partial charge is 0.306 e. The number of aliphatic hydroxyl groups excluding tert-OH is 1. The van der Waals surface area contributed by atoms with Crippen LogP contribution in [0.2, 0.25) is 0 Å². The molecule has 1 N–H and O–H groups in total. The lowest BCUT2D eigenvalue weighted by Crippen LogP contribution is -2.28. The van der Waals surface area contributed by atoms with Gasteiger partial charge in [-0.2, -0.15) is 0 Å².